The molecule has 0 aliphatic heterocycles. The van der Waals surface area contributed by atoms with E-state index in [9.17, 15) is 0 Å². The molecule has 0 aromatic carbocycles. The molecule has 0 heteroatoms. The summed E-state index contributed by atoms with van der Waals surface area (Å²) in [6.45, 7) is 2.31. The van der Waals surface area contributed by atoms with E-state index >= 15 is 0 Å². The Bertz CT molecular complexity index is 447. The van der Waals surface area contributed by atoms with Gasteiger partial charge in [0.05, 0.1) is 0 Å². The maximum atomic E-state index is 2.31. The van der Waals surface area contributed by atoms with Crippen molar-refractivity contribution in [2.45, 2.75) is 257 Å². The van der Waals surface area contributed by atoms with E-state index in [2.05, 4.69) is 6.92 Å². The summed E-state index contributed by atoms with van der Waals surface area (Å²) >= 11 is 0. The van der Waals surface area contributed by atoms with Crippen LogP contribution in [0.25, 0.3) is 0 Å². The van der Waals surface area contributed by atoms with E-state index in [4.69, 9.17) is 0 Å². The Morgan fingerprint density at radius 2 is 0.463 bits per heavy atom. The van der Waals surface area contributed by atoms with Crippen molar-refractivity contribution in [1.29, 1.82) is 0 Å². The highest BCUT2D eigenvalue weighted by Gasteiger charge is 2.13. The zero-order valence-electron chi connectivity index (χ0n) is 29.2. The molecule has 0 saturated heterocycles. The molecule has 1 rings (SSSR count). The van der Waals surface area contributed by atoms with E-state index in [1.807, 2.05) is 0 Å². The fraction of sp³-hybridized carbons (Fsp3) is 1.00. The minimum absolute atomic E-state index is 1.11. The van der Waals surface area contributed by atoms with Crippen molar-refractivity contribution >= 4 is 0 Å². The molecule has 0 unspecified atom stereocenters. The molecule has 0 atom stereocenters. The lowest BCUT2D eigenvalue weighted by Crippen LogP contribution is -1.92. The molecule has 0 aromatic rings. The largest absolute Gasteiger partial charge is 0.0654 e. The van der Waals surface area contributed by atoms with Gasteiger partial charge in [-0.05, 0) is 5.92 Å². The first-order valence-corrected chi connectivity index (χ1v) is 20.4. The van der Waals surface area contributed by atoms with Crippen LogP contribution < -0.4 is 0 Å². The summed E-state index contributed by atoms with van der Waals surface area (Å²) in [4.78, 5) is 0. The first-order valence-electron chi connectivity index (χ1n) is 20.4. The van der Waals surface area contributed by atoms with E-state index in [1.165, 1.54) is 231 Å². The number of rotatable bonds is 35. The molecule has 0 aromatic heterocycles. The van der Waals surface area contributed by atoms with E-state index in [1.54, 1.807) is 19.3 Å². The van der Waals surface area contributed by atoms with Gasteiger partial charge >= 0.3 is 0 Å². The Kier molecular flexibility index (Phi) is 32.8. The average Bonchev–Trinajstić information content (AvgIpc) is 3.51. The van der Waals surface area contributed by atoms with Crippen molar-refractivity contribution < 1.29 is 0 Å². The average molecular weight is 575 g/mol. The Morgan fingerprint density at radius 1 is 0.268 bits per heavy atom. The molecule has 0 bridgehead atoms. The maximum Gasteiger partial charge on any atom is -0.0414 e. The van der Waals surface area contributed by atoms with Crippen molar-refractivity contribution in [3.05, 3.63) is 0 Å². The summed E-state index contributed by atoms with van der Waals surface area (Å²) in [5.74, 6) is 1.11. The van der Waals surface area contributed by atoms with Gasteiger partial charge in [-0.2, -0.15) is 0 Å². The Balaban J connectivity index is 1.59. The number of hydrogen-bond acceptors (Lipinski definition) is 0. The lowest BCUT2D eigenvalue weighted by Gasteiger charge is -2.08. The molecule has 1 aliphatic carbocycles. The molecule has 0 amide bonds. The fourth-order valence-corrected chi connectivity index (χ4v) is 7.46. The summed E-state index contributed by atoms with van der Waals surface area (Å²) < 4.78 is 0. The minimum atomic E-state index is 1.11. The van der Waals surface area contributed by atoms with E-state index in [0.717, 1.165) is 5.92 Å². The number of unbranched alkanes of at least 4 members (excludes halogenated alkanes) is 33. The molecular formula is C41H82. The maximum absolute atomic E-state index is 2.31. The predicted octanol–water partition coefficient (Wildman–Crippen LogP) is 15.8. The standard InChI is InChI=1S/C41H82/c1-2-3-4-5-6-7-8-9-10-11-12-13-14-15-16-17-18-19-20-21-22-23-24-25-26-27-28-29-30-31-32-33-34-35-38-41-39-36-37-40-41/h41H,2-40H2,1H3. The lowest BCUT2D eigenvalue weighted by atomic mass is 9.98. The highest BCUT2D eigenvalue weighted by atomic mass is 14.2. The van der Waals surface area contributed by atoms with Crippen LogP contribution in [0.4, 0.5) is 0 Å². The Labute approximate surface area is 262 Å². The summed E-state index contributed by atoms with van der Waals surface area (Å²) in [7, 11) is 0. The van der Waals surface area contributed by atoms with E-state index < -0.39 is 0 Å². The van der Waals surface area contributed by atoms with E-state index in [0.29, 0.717) is 0 Å². The fourth-order valence-electron chi connectivity index (χ4n) is 7.46. The van der Waals surface area contributed by atoms with Crippen LogP contribution in [0, 0.1) is 5.92 Å². The molecule has 0 nitrogen and oxygen atoms in total. The van der Waals surface area contributed by atoms with Crippen molar-refractivity contribution in [3.8, 4) is 0 Å². The van der Waals surface area contributed by atoms with Crippen LogP contribution in [0.15, 0.2) is 0 Å². The molecular weight excluding hydrogens is 492 g/mol. The van der Waals surface area contributed by atoms with Crippen molar-refractivity contribution in [1.82, 2.24) is 0 Å². The second kappa shape index (κ2) is 34.5. The lowest BCUT2D eigenvalue weighted by molar-refractivity contribution is 0.459. The molecule has 41 heavy (non-hydrogen) atoms. The van der Waals surface area contributed by atoms with Crippen LogP contribution in [0.5, 0.6) is 0 Å². The third-order valence-corrected chi connectivity index (χ3v) is 10.4. The quantitative estimate of drug-likeness (QED) is 0.0660. The zero-order chi connectivity index (χ0) is 29.2. The van der Waals surface area contributed by atoms with Crippen LogP contribution in [0.2, 0.25) is 0 Å². The van der Waals surface area contributed by atoms with Gasteiger partial charge in [-0.3, -0.25) is 0 Å². The van der Waals surface area contributed by atoms with Gasteiger partial charge in [-0.25, -0.2) is 0 Å². The highest BCUT2D eigenvalue weighted by molar-refractivity contribution is 4.67. The van der Waals surface area contributed by atoms with Crippen molar-refractivity contribution in [3.63, 3.8) is 0 Å². The van der Waals surface area contributed by atoms with Gasteiger partial charge in [0.25, 0.3) is 0 Å². The van der Waals surface area contributed by atoms with Gasteiger partial charge in [-0.1, -0.05) is 257 Å². The van der Waals surface area contributed by atoms with Crippen molar-refractivity contribution in [2.24, 2.45) is 5.92 Å². The van der Waals surface area contributed by atoms with Crippen LogP contribution >= 0.6 is 0 Å². The molecule has 0 N–H and O–H groups in total. The Morgan fingerprint density at radius 3 is 0.683 bits per heavy atom. The van der Waals surface area contributed by atoms with Gasteiger partial charge in [0, 0.05) is 0 Å². The van der Waals surface area contributed by atoms with Crippen LogP contribution in [0.3, 0.4) is 0 Å². The van der Waals surface area contributed by atoms with Gasteiger partial charge in [0.15, 0.2) is 0 Å². The zero-order valence-corrected chi connectivity index (χ0v) is 29.2. The highest BCUT2D eigenvalue weighted by Crippen LogP contribution is 2.29. The van der Waals surface area contributed by atoms with Crippen LogP contribution in [0.1, 0.15) is 257 Å². The topological polar surface area (TPSA) is 0 Å². The van der Waals surface area contributed by atoms with E-state index in [-0.39, 0.29) is 0 Å². The smallest absolute Gasteiger partial charge is 0.0414 e. The first-order chi connectivity index (χ1) is 20.4. The molecule has 246 valence electrons. The number of hydrogen-bond donors (Lipinski definition) is 0. The SMILES string of the molecule is CCCCCCCCCCCCCCCCCCCCCCCCCCCCCCCCCCCCC1CCCC1. The molecule has 0 heterocycles. The monoisotopic (exact) mass is 575 g/mol. The third-order valence-electron chi connectivity index (χ3n) is 10.4. The molecule has 1 fully saturated rings. The second-order valence-electron chi connectivity index (χ2n) is 14.6. The van der Waals surface area contributed by atoms with Crippen LogP contribution in [-0.4, -0.2) is 0 Å². The minimum Gasteiger partial charge on any atom is -0.0654 e. The first kappa shape index (κ1) is 39.0. The third kappa shape index (κ3) is 31.2. The van der Waals surface area contributed by atoms with Crippen molar-refractivity contribution in [2.75, 3.05) is 0 Å². The summed E-state index contributed by atoms with van der Waals surface area (Å²) in [5, 5.41) is 0. The molecule has 0 spiro atoms. The molecule has 1 saturated carbocycles. The second-order valence-corrected chi connectivity index (χ2v) is 14.6. The van der Waals surface area contributed by atoms with Gasteiger partial charge < -0.3 is 0 Å². The predicted molar refractivity (Wildman–Crippen MR) is 189 cm³/mol. The summed E-state index contributed by atoms with van der Waals surface area (Å²) in [5.41, 5.74) is 0. The van der Waals surface area contributed by atoms with Gasteiger partial charge in [0.1, 0.15) is 0 Å². The van der Waals surface area contributed by atoms with Gasteiger partial charge in [-0.15, -0.1) is 0 Å². The normalized spacial score (nSPS) is 14.0. The Hall–Kier alpha value is 0. The molecule has 1 aliphatic rings. The molecule has 0 radical (unpaired) electrons. The van der Waals surface area contributed by atoms with Crippen LogP contribution in [-0.2, 0) is 0 Å². The van der Waals surface area contributed by atoms with Gasteiger partial charge in [0.2, 0.25) is 0 Å². The summed E-state index contributed by atoms with van der Waals surface area (Å²) in [6.07, 6.45) is 58.4. The summed E-state index contributed by atoms with van der Waals surface area (Å²) in [6, 6.07) is 0.